The largest absolute Gasteiger partial charge is 0.0754 e. The first-order valence-corrected chi connectivity index (χ1v) is 5.57. The minimum atomic E-state index is 1.30. The van der Waals surface area contributed by atoms with Gasteiger partial charge in [0.05, 0.1) is 0 Å². The van der Waals surface area contributed by atoms with E-state index in [4.69, 9.17) is 0 Å². The highest BCUT2D eigenvalue weighted by Gasteiger charge is 2.13. The third kappa shape index (κ3) is 1.38. The van der Waals surface area contributed by atoms with Crippen LogP contribution in [0, 0.1) is 13.3 Å². The predicted octanol–water partition coefficient (Wildman–Crippen LogP) is 4.24. The monoisotopic (exact) mass is 205 g/mol. The molecule has 0 fully saturated rings. The standard InChI is InChI=1S/C16H13/c1-12-10-11-13-8-5-9-15(13)16(12)14-6-3-2-4-7-14/h2-11H,1H3. The van der Waals surface area contributed by atoms with Gasteiger partial charge in [0.2, 0.25) is 0 Å². The van der Waals surface area contributed by atoms with Crippen LogP contribution >= 0.6 is 0 Å². The van der Waals surface area contributed by atoms with Crippen LogP contribution in [0.2, 0.25) is 0 Å². The topological polar surface area (TPSA) is 0 Å². The molecule has 1 aliphatic rings. The van der Waals surface area contributed by atoms with Crippen LogP contribution in [0.15, 0.2) is 48.5 Å². The second kappa shape index (κ2) is 3.64. The maximum atomic E-state index is 2.20. The molecule has 16 heavy (non-hydrogen) atoms. The molecule has 1 radical (unpaired) electrons. The fourth-order valence-corrected chi connectivity index (χ4v) is 2.31. The molecular weight excluding hydrogens is 192 g/mol. The van der Waals surface area contributed by atoms with Crippen molar-refractivity contribution in [2.75, 3.05) is 0 Å². The van der Waals surface area contributed by atoms with E-state index < -0.39 is 0 Å². The summed E-state index contributed by atoms with van der Waals surface area (Å²) >= 11 is 0. The molecule has 0 spiro atoms. The van der Waals surface area contributed by atoms with Crippen molar-refractivity contribution in [2.45, 2.75) is 6.92 Å². The van der Waals surface area contributed by atoms with Crippen LogP contribution in [0.4, 0.5) is 0 Å². The molecule has 0 bridgehead atoms. The van der Waals surface area contributed by atoms with E-state index >= 15 is 0 Å². The fourth-order valence-electron chi connectivity index (χ4n) is 2.31. The van der Waals surface area contributed by atoms with Gasteiger partial charge >= 0.3 is 0 Å². The number of fused-ring (bicyclic) bond motifs is 1. The lowest BCUT2D eigenvalue weighted by molar-refractivity contribution is 1.42. The molecule has 77 valence electrons. The molecule has 0 heterocycles. The van der Waals surface area contributed by atoms with Crippen molar-refractivity contribution in [3.63, 3.8) is 0 Å². The highest BCUT2D eigenvalue weighted by atomic mass is 14.2. The molecule has 0 heteroatoms. The molecule has 2 aromatic rings. The molecular formula is C16H13. The highest BCUT2D eigenvalue weighted by Crippen LogP contribution is 2.34. The number of benzene rings is 2. The Morgan fingerprint density at radius 3 is 2.50 bits per heavy atom. The van der Waals surface area contributed by atoms with Crippen LogP contribution in [-0.4, -0.2) is 0 Å². The quantitative estimate of drug-likeness (QED) is 0.653. The van der Waals surface area contributed by atoms with Gasteiger partial charge in [-0.3, -0.25) is 0 Å². The van der Waals surface area contributed by atoms with Crippen LogP contribution in [0.3, 0.4) is 0 Å². The number of hydrogen-bond donors (Lipinski definition) is 0. The van der Waals surface area contributed by atoms with Crippen molar-refractivity contribution in [2.24, 2.45) is 0 Å². The van der Waals surface area contributed by atoms with Gasteiger partial charge in [-0.15, -0.1) is 0 Å². The summed E-state index contributed by atoms with van der Waals surface area (Å²) in [5.74, 6) is 0. The Kier molecular flexibility index (Phi) is 2.14. The summed E-state index contributed by atoms with van der Waals surface area (Å²) in [6, 6.07) is 15.0. The maximum Gasteiger partial charge on any atom is 0.0131 e. The normalized spacial score (nSPS) is 12.8. The van der Waals surface area contributed by atoms with E-state index in [1.807, 2.05) is 0 Å². The molecule has 2 aromatic carbocycles. The van der Waals surface area contributed by atoms with Gasteiger partial charge in [0.1, 0.15) is 0 Å². The zero-order valence-electron chi connectivity index (χ0n) is 9.27. The molecule has 1 aliphatic carbocycles. The van der Waals surface area contributed by atoms with Crippen LogP contribution in [-0.2, 0) is 0 Å². The van der Waals surface area contributed by atoms with Crippen molar-refractivity contribution >= 4 is 6.08 Å². The second-order valence-corrected chi connectivity index (χ2v) is 4.15. The number of hydrogen-bond acceptors (Lipinski definition) is 0. The zero-order chi connectivity index (χ0) is 11.0. The third-order valence-corrected chi connectivity index (χ3v) is 3.09. The van der Waals surface area contributed by atoms with E-state index in [9.17, 15) is 0 Å². The second-order valence-electron chi connectivity index (χ2n) is 4.15. The highest BCUT2D eigenvalue weighted by molar-refractivity contribution is 5.83. The molecule has 0 amide bonds. The van der Waals surface area contributed by atoms with E-state index in [1.54, 1.807) is 0 Å². The SMILES string of the molecule is Cc1ccc2c(c1-c1ccccc1)C=C[CH]2. The Hall–Kier alpha value is -1.82. The van der Waals surface area contributed by atoms with Gasteiger partial charge in [0.25, 0.3) is 0 Å². The number of allylic oxidation sites excluding steroid dienone is 1. The lowest BCUT2D eigenvalue weighted by Gasteiger charge is -2.11. The summed E-state index contributed by atoms with van der Waals surface area (Å²) in [6.07, 6.45) is 6.49. The number of rotatable bonds is 1. The molecule has 0 atom stereocenters. The molecule has 0 saturated carbocycles. The Balaban J connectivity index is 2.28. The lowest BCUT2D eigenvalue weighted by atomic mass is 9.93. The fraction of sp³-hybridized carbons (Fsp3) is 0.0625. The summed E-state index contributed by atoms with van der Waals surface area (Å²) in [6.45, 7) is 2.18. The van der Waals surface area contributed by atoms with Crippen LogP contribution < -0.4 is 0 Å². The summed E-state index contributed by atoms with van der Waals surface area (Å²) in [5.41, 5.74) is 6.68. The van der Waals surface area contributed by atoms with Gasteiger partial charge in [0, 0.05) is 6.42 Å². The van der Waals surface area contributed by atoms with Crippen molar-refractivity contribution in [1.29, 1.82) is 0 Å². The molecule has 3 rings (SSSR count). The van der Waals surface area contributed by atoms with Gasteiger partial charge < -0.3 is 0 Å². The van der Waals surface area contributed by atoms with E-state index in [-0.39, 0.29) is 0 Å². The Morgan fingerprint density at radius 1 is 0.875 bits per heavy atom. The zero-order valence-corrected chi connectivity index (χ0v) is 9.27. The summed E-state index contributed by atoms with van der Waals surface area (Å²) in [7, 11) is 0. The molecule has 0 aliphatic heterocycles. The first-order chi connectivity index (χ1) is 7.86. The van der Waals surface area contributed by atoms with Crippen LogP contribution in [0.25, 0.3) is 17.2 Å². The van der Waals surface area contributed by atoms with Gasteiger partial charge in [-0.25, -0.2) is 0 Å². The van der Waals surface area contributed by atoms with Crippen molar-refractivity contribution in [1.82, 2.24) is 0 Å². The van der Waals surface area contributed by atoms with Crippen LogP contribution in [0.5, 0.6) is 0 Å². The Labute approximate surface area is 96.3 Å². The summed E-state index contributed by atoms with van der Waals surface area (Å²) in [4.78, 5) is 0. The summed E-state index contributed by atoms with van der Waals surface area (Å²) in [5, 5.41) is 0. The molecule has 0 saturated heterocycles. The van der Waals surface area contributed by atoms with E-state index in [0.717, 1.165) is 0 Å². The average Bonchev–Trinajstić information content (AvgIpc) is 2.78. The Bertz CT molecular complexity index is 548. The maximum absolute atomic E-state index is 2.20. The smallest absolute Gasteiger partial charge is 0.0131 e. The van der Waals surface area contributed by atoms with Gasteiger partial charge in [-0.2, -0.15) is 0 Å². The van der Waals surface area contributed by atoms with Gasteiger partial charge in [0.15, 0.2) is 0 Å². The van der Waals surface area contributed by atoms with Crippen molar-refractivity contribution in [3.8, 4) is 11.1 Å². The van der Waals surface area contributed by atoms with E-state index in [0.29, 0.717) is 0 Å². The summed E-state index contributed by atoms with van der Waals surface area (Å²) < 4.78 is 0. The average molecular weight is 205 g/mol. The minimum absolute atomic E-state index is 1.30. The van der Waals surface area contributed by atoms with Crippen LogP contribution in [0.1, 0.15) is 16.7 Å². The van der Waals surface area contributed by atoms with Gasteiger partial charge in [-0.05, 0) is 34.7 Å². The number of aryl methyl sites for hydroxylation is 1. The Morgan fingerprint density at radius 2 is 1.69 bits per heavy atom. The first-order valence-electron chi connectivity index (χ1n) is 5.57. The van der Waals surface area contributed by atoms with Crippen molar-refractivity contribution < 1.29 is 0 Å². The third-order valence-electron chi connectivity index (χ3n) is 3.09. The van der Waals surface area contributed by atoms with E-state index in [2.05, 4.69) is 68.0 Å². The lowest BCUT2D eigenvalue weighted by Crippen LogP contribution is -1.90. The molecule has 0 nitrogen and oxygen atoms in total. The van der Waals surface area contributed by atoms with Crippen molar-refractivity contribution in [3.05, 3.63) is 71.7 Å². The molecule has 0 aromatic heterocycles. The minimum Gasteiger partial charge on any atom is -0.0754 e. The van der Waals surface area contributed by atoms with Gasteiger partial charge in [-0.1, -0.05) is 54.6 Å². The molecule has 0 N–H and O–H groups in total. The van der Waals surface area contributed by atoms with E-state index in [1.165, 1.54) is 27.8 Å². The molecule has 0 unspecified atom stereocenters. The predicted molar refractivity (Wildman–Crippen MR) is 69.1 cm³/mol. The first kappa shape index (κ1) is 9.41.